The number of nitrogens with zero attached hydrogens (tertiary/aromatic N) is 1. The first-order chi connectivity index (χ1) is 8.72. The molecule has 1 unspecified atom stereocenters. The molecular formula is C15H21FN2. The van der Waals surface area contributed by atoms with Crippen molar-refractivity contribution in [3.63, 3.8) is 0 Å². The van der Waals surface area contributed by atoms with Gasteiger partial charge in [-0.3, -0.25) is 0 Å². The van der Waals surface area contributed by atoms with Crippen LogP contribution in [-0.4, -0.2) is 30.6 Å². The Morgan fingerprint density at radius 3 is 2.72 bits per heavy atom. The maximum atomic E-state index is 13.5. The van der Waals surface area contributed by atoms with E-state index >= 15 is 0 Å². The van der Waals surface area contributed by atoms with Crippen molar-refractivity contribution in [1.29, 1.82) is 0 Å². The van der Waals surface area contributed by atoms with Crippen LogP contribution in [0.1, 0.15) is 24.0 Å². The Kier molecular flexibility index (Phi) is 3.35. The molecule has 0 aromatic heterocycles. The van der Waals surface area contributed by atoms with Gasteiger partial charge in [0.2, 0.25) is 0 Å². The number of fused-ring (bicyclic) bond motifs is 3. The van der Waals surface area contributed by atoms with Gasteiger partial charge in [-0.15, -0.1) is 0 Å². The van der Waals surface area contributed by atoms with Crippen LogP contribution in [0.5, 0.6) is 0 Å². The Morgan fingerprint density at radius 2 is 2.11 bits per heavy atom. The average molecular weight is 248 g/mol. The van der Waals surface area contributed by atoms with Crippen LogP contribution in [0.2, 0.25) is 0 Å². The second-order valence-corrected chi connectivity index (χ2v) is 5.71. The molecule has 3 aliphatic heterocycles. The summed E-state index contributed by atoms with van der Waals surface area (Å²) in [6.07, 6.45) is 2.64. The number of piperidine rings is 3. The lowest BCUT2D eigenvalue weighted by Gasteiger charge is -2.45. The third-order valence-corrected chi connectivity index (χ3v) is 4.46. The summed E-state index contributed by atoms with van der Waals surface area (Å²) in [7, 11) is 0. The predicted octanol–water partition coefficient (Wildman–Crippen LogP) is 2.32. The fourth-order valence-corrected chi connectivity index (χ4v) is 3.19. The molecule has 0 radical (unpaired) electrons. The lowest BCUT2D eigenvalue weighted by Crippen LogP contribution is -2.55. The molecule has 3 saturated heterocycles. The quantitative estimate of drug-likeness (QED) is 0.883. The fourth-order valence-electron chi connectivity index (χ4n) is 3.19. The van der Waals surface area contributed by atoms with Gasteiger partial charge < -0.3 is 10.2 Å². The first kappa shape index (κ1) is 12.1. The zero-order chi connectivity index (χ0) is 12.5. The number of hydrogen-bond donors (Lipinski definition) is 1. The molecular weight excluding hydrogens is 227 g/mol. The maximum Gasteiger partial charge on any atom is 0.126 e. The van der Waals surface area contributed by atoms with Crippen molar-refractivity contribution in [1.82, 2.24) is 10.2 Å². The summed E-state index contributed by atoms with van der Waals surface area (Å²) in [5.74, 6) is 0.730. The van der Waals surface area contributed by atoms with Gasteiger partial charge in [-0.05, 0) is 56.0 Å². The summed E-state index contributed by atoms with van der Waals surface area (Å²) in [4.78, 5) is 2.54. The van der Waals surface area contributed by atoms with E-state index in [1.54, 1.807) is 13.0 Å². The predicted molar refractivity (Wildman–Crippen MR) is 70.9 cm³/mol. The van der Waals surface area contributed by atoms with Crippen LogP contribution >= 0.6 is 0 Å². The van der Waals surface area contributed by atoms with Gasteiger partial charge in [-0.2, -0.15) is 0 Å². The maximum absolute atomic E-state index is 13.5. The smallest absolute Gasteiger partial charge is 0.126 e. The van der Waals surface area contributed by atoms with E-state index in [0.717, 1.165) is 23.6 Å². The lowest BCUT2D eigenvalue weighted by atomic mass is 9.84. The number of rotatable bonds is 3. The van der Waals surface area contributed by atoms with Gasteiger partial charge in [0.1, 0.15) is 5.82 Å². The Balaban J connectivity index is 1.59. The van der Waals surface area contributed by atoms with Gasteiger partial charge in [0, 0.05) is 19.1 Å². The van der Waals surface area contributed by atoms with Crippen molar-refractivity contribution in [3.8, 4) is 0 Å². The van der Waals surface area contributed by atoms with Crippen LogP contribution in [0, 0.1) is 18.7 Å². The van der Waals surface area contributed by atoms with E-state index in [4.69, 9.17) is 0 Å². The molecule has 3 fully saturated rings. The molecule has 1 aromatic rings. The van der Waals surface area contributed by atoms with Crippen molar-refractivity contribution in [2.75, 3.05) is 19.6 Å². The zero-order valence-corrected chi connectivity index (χ0v) is 11.0. The molecule has 1 atom stereocenters. The van der Waals surface area contributed by atoms with Crippen LogP contribution in [0.25, 0.3) is 0 Å². The van der Waals surface area contributed by atoms with Gasteiger partial charge >= 0.3 is 0 Å². The summed E-state index contributed by atoms with van der Waals surface area (Å²) in [6.45, 7) is 6.29. The topological polar surface area (TPSA) is 15.3 Å². The molecule has 0 amide bonds. The minimum atomic E-state index is -0.0942. The highest BCUT2D eigenvalue weighted by molar-refractivity contribution is 5.23. The van der Waals surface area contributed by atoms with Crippen molar-refractivity contribution in [3.05, 3.63) is 35.1 Å². The normalized spacial score (nSPS) is 30.7. The van der Waals surface area contributed by atoms with Crippen LogP contribution in [0.4, 0.5) is 4.39 Å². The zero-order valence-electron chi connectivity index (χ0n) is 11.0. The SMILES string of the molecule is Cc1ccc(CNC2CN3CCC2CC3)cc1F. The van der Waals surface area contributed by atoms with Crippen molar-refractivity contribution < 1.29 is 4.39 Å². The summed E-state index contributed by atoms with van der Waals surface area (Å²) in [5.41, 5.74) is 1.77. The van der Waals surface area contributed by atoms with E-state index in [0.29, 0.717) is 6.04 Å². The van der Waals surface area contributed by atoms with E-state index in [1.807, 2.05) is 12.1 Å². The van der Waals surface area contributed by atoms with Crippen molar-refractivity contribution in [2.24, 2.45) is 5.92 Å². The van der Waals surface area contributed by atoms with Gasteiger partial charge in [0.05, 0.1) is 0 Å². The molecule has 0 aliphatic carbocycles. The van der Waals surface area contributed by atoms with Crippen LogP contribution in [-0.2, 0) is 6.54 Å². The summed E-state index contributed by atoms with van der Waals surface area (Å²) in [6, 6.07) is 6.14. The van der Waals surface area contributed by atoms with Crippen LogP contribution in [0.15, 0.2) is 18.2 Å². The molecule has 1 aromatic carbocycles. The van der Waals surface area contributed by atoms with Crippen LogP contribution in [0.3, 0.4) is 0 Å². The number of halogens is 1. The third kappa shape index (κ3) is 2.43. The Labute approximate surface area is 108 Å². The molecule has 4 rings (SSSR count). The molecule has 1 N–H and O–H groups in total. The van der Waals surface area contributed by atoms with Crippen LogP contribution < -0.4 is 5.32 Å². The standard InChI is InChI=1S/C15H21FN2/c1-11-2-3-12(8-14(11)16)9-17-15-10-18-6-4-13(15)5-7-18/h2-3,8,13,15,17H,4-7,9-10H2,1H3. The summed E-state index contributed by atoms with van der Waals surface area (Å²) >= 11 is 0. The summed E-state index contributed by atoms with van der Waals surface area (Å²) < 4.78 is 13.5. The van der Waals surface area contributed by atoms with Gasteiger partial charge in [0.15, 0.2) is 0 Å². The monoisotopic (exact) mass is 248 g/mol. The van der Waals surface area contributed by atoms with E-state index in [1.165, 1.54) is 32.5 Å². The number of aryl methyl sites for hydroxylation is 1. The molecule has 3 heterocycles. The second-order valence-electron chi connectivity index (χ2n) is 5.71. The van der Waals surface area contributed by atoms with Gasteiger partial charge in [-0.1, -0.05) is 12.1 Å². The van der Waals surface area contributed by atoms with Gasteiger partial charge in [-0.25, -0.2) is 4.39 Å². The van der Waals surface area contributed by atoms with Crippen molar-refractivity contribution >= 4 is 0 Å². The van der Waals surface area contributed by atoms with Crippen molar-refractivity contribution in [2.45, 2.75) is 32.4 Å². The molecule has 2 nitrogen and oxygen atoms in total. The molecule has 3 aliphatic rings. The Morgan fingerprint density at radius 1 is 1.33 bits per heavy atom. The van der Waals surface area contributed by atoms with E-state index < -0.39 is 0 Å². The minimum Gasteiger partial charge on any atom is -0.308 e. The molecule has 0 spiro atoms. The highest BCUT2D eigenvalue weighted by Crippen LogP contribution is 2.27. The summed E-state index contributed by atoms with van der Waals surface area (Å²) in [5, 5.41) is 3.61. The minimum absolute atomic E-state index is 0.0942. The van der Waals surface area contributed by atoms with Gasteiger partial charge in [0.25, 0.3) is 0 Å². The molecule has 18 heavy (non-hydrogen) atoms. The Bertz CT molecular complexity index is 425. The third-order valence-electron chi connectivity index (χ3n) is 4.46. The molecule has 3 heteroatoms. The lowest BCUT2D eigenvalue weighted by molar-refractivity contribution is 0.0720. The highest BCUT2D eigenvalue weighted by Gasteiger charge is 2.33. The van der Waals surface area contributed by atoms with E-state index in [-0.39, 0.29) is 5.82 Å². The van der Waals surface area contributed by atoms with E-state index in [2.05, 4.69) is 10.2 Å². The molecule has 2 bridgehead atoms. The highest BCUT2D eigenvalue weighted by atomic mass is 19.1. The second kappa shape index (κ2) is 4.98. The van der Waals surface area contributed by atoms with E-state index in [9.17, 15) is 4.39 Å². The number of hydrogen-bond acceptors (Lipinski definition) is 2. The molecule has 0 saturated carbocycles. The fraction of sp³-hybridized carbons (Fsp3) is 0.600. The average Bonchev–Trinajstić information content (AvgIpc) is 2.41. The first-order valence-corrected chi connectivity index (χ1v) is 6.93. The molecule has 98 valence electrons. The number of nitrogens with one attached hydrogen (secondary N) is 1. The Hall–Kier alpha value is -0.930. The largest absolute Gasteiger partial charge is 0.308 e. The number of benzene rings is 1. The first-order valence-electron chi connectivity index (χ1n) is 6.93.